The summed E-state index contributed by atoms with van der Waals surface area (Å²) in [6, 6.07) is 3.56. The molecule has 1 atom stereocenters. The van der Waals surface area contributed by atoms with Crippen LogP contribution in [0.3, 0.4) is 0 Å². The molecule has 1 aliphatic rings. The summed E-state index contributed by atoms with van der Waals surface area (Å²) in [5.74, 6) is 1.71. The van der Waals surface area contributed by atoms with Gasteiger partial charge in [-0.15, -0.1) is 11.8 Å². The van der Waals surface area contributed by atoms with Gasteiger partial charge in [0.15, 0.2) is 0 Å². The third-order valence-corrected chi connectivity index (χ3v) is 2.90. The van der Waals surface area contributed by atoms with E-state index in [1.165, 1.54) is 0 Å². The van der Waals surface area contributed by atoms with Crippen LogP contribution >= 0.6 is 11.8 Å². The number of rotatable bonds is 2. The van der Waals surface area contributed by atoms with E-state index in [-0.39, 0.29) is 11.9 Å². The second kappa shape index (κ2) is 4.43. The van der Waals surface area contributed by atoms with Gasteiger partial charge < -0.3 is 5.32 Å². The molecule has 14 heavy (non-hydrogen) atoms. The van der Waals surface area contributed by atoms with Crippen LogP contribution < -0.4 is 10.6 Å². The fourth-order valence-corrected chi connectivity index (χ4v) is 2.17. The first-order chi connectivity index (χ1) is 6.86. The van der Waals surface area contributed by atoms with Crippen molar-refractivity contribution in [3.8, 4) is 0 Å². The summed E-state index contributed by atoms with van der Waals surface area (Å²) in [7, 11) is 0. The van der Waals surface area contributed by atoms with Crippen LogP contribution in [-0.2, 0) is 4.79 Å². The van der Waals surface area contributed by atoms with E-state index in [0.29, 0.717) is 0 Å². The van der Waals surface area contributed by atoms with E-state index in [1.807, 2.05) is 6.07 Å². The molecule has 2 N–H and O–H groups in total. The maximum atomic E-state index is 11.6. The van der Waals surface area contributed by atoms with Gasteiger partial charge in [-0.05, 0) is 12.1 Å². The Morgan fingerprint density at radius 1 is 1.71 bits per heavy atom. The molecular formula is C9H11N3OS. The predicted molar refractivity (Wildman–Crippen MR) is 57.1 cm³/mol. The number of hydrogen-bond donors (Lipinski definition) is 2. The fraction of sp³-hybridized carbons (Fsp3) is 0.333. The topological polar surface area (TPSA) is 54.0 Å². The van der Waals surface area contributed by atoms with Crippen molar-refractivity contribution in [1.29, 1.82) is 0 Å². The number of nitrogens with zero attached hydrogens (tertiary/aromatic N) is 1. The number of amides is 1. The second-order valence-electron chi connectivity index (χ2n) is 3.00. The number of nitrogens with one attached hydrogen (secondary N) is 2. The summed E-state index contributed by atoms with van der Waals surface area (Å²) in [6.07, 6.45) is 3.32. The molecule has 0 bridgehead atoms. The van der Waals surface area contributed by atoms with Crippen molar-refractivity contribution in [2.45, 2.75) is 6.04 Å². The molecule has 74 valence electrons. The minimum absolute atomic E-state index is 0.0167. The molecule has 1 saturated heterocycles. The van der Waals surface area contributed by atoms with Gasteiger partial charge in [-0.1, -0.05) is 0 Å². The highest BCUT2D eigenvalue weighted by atomic mass is 32.2. The van der Waals surface area contributed by atoms with Crippen molar-refractivity contribution in [3.05, 3.63) is 24.5 Å². The Balaban J connectivity index is 1.94. The number of anilines is 1. The van der Waals surface area contributed by atoms with E-state index in [4.69, 9.17) is 0 Å². The molecule has 5 heteroatoms. The van der Waals surface area contributed by atoms with E-state index < -0.39 is 0 Å². The standard InChI is InChI=1S/C9H11N3OS/c13-9(8-5-14-6-11-8)12-7-2-1-3-10-4-7/h1-4,8,11H,5-6H2,(H,12,13). The summed E-state index contributed by atoms with van der Waals surface area (Å²) in [4.78, 5) is 15.5. The summed E-state index contributed by atoms with van der Waals surface area (Å²) < 4.78 is 0. The molecule has 1 aromatic rings. The van der Waals surface area contributed by atoms with E-state index >= 15 is 0 Å². The largest absolute Gasteiger partial charge is 0.323 e. The number of hydrogen-bond acceptors (Lipinski definition) is 4. The van der Waals surface area contributed by atoms with Crippen molar-refractivity contribution >= 4 is 23.4 Å². The maximum Gasteiger partial charge on any atom is 0.242 e. The van der Waals surface area contributed by atoms with Gasteiger partial charge in [-0.2, -0.15) is 0 Å². The molecular weight excluding hydrogens is 198 g/mol. The average molecular weight is 209 g/mol. The van der Waals surface area contributed by atoms with Crippen LogP contribution in [0.25, 0.3) is 0 Å². The zero-order chi connectivity index (χ0) is 9.80. The highest BCUT2D eigenvalue weighted by molar-refractivity contribution is 7.99. The number of thioether (sulfide) groups is 1. The molecule has 1 aliphatic heterocycles. The van der Waals surface area contributed by atoms with Crippen LogP contribution in [0.5, 0.6) is 0 Å². The third-order valence-electron chi connectivity index (χ3n) is 1.96. The van der Waals surface area contributed by atoms with E-state index in [2.05, 4.69) is 15.6 Å². The van der Waals surface area contributed by atoms with E-state index in [1.54, 1.807) is 30.2 Å². The summed E-state index contributed by atoms with van der Waals surface area (Å²) >= 11 is 1.73. The number of carbonyl (C=O) groups excluding carboxylic acids is 1. The van der Waals surface area contributed by atoms with Crippen molar-refractivity contribution in [3.63, 3.8) is 0 Å². The Hall–Kier alpha value is -1.07. The quantitative estimate of drug-likeness (QED) is 0.752. The number of aromatic nitrogens is 1. The zero-order valence-electron chi connectivity index (χ0n) is 7.56. The molecule has 2 rings (SSSR count). The van der Waals surface area contributed by atoms with Crippen LogP contribution in [-0.4, -0.2) is 28.6 Å². The molecule has 0 spiro atoms. The molecule has 2 heterocycles. The lowest BCUT2D eigenvalue weighted by atomic mass is 10.3. The van der Waals surface area contributed by atoms with Crippen LogP contribution in [0.1, 0.15) is 0 Å². The summed E-state index contributed by atoms with van der Waals surface area (Å²) in [6.45, 7) is 0. The van der Waals surface area contributed by atoms with E-state index in [0.717, 1.165) is 17.3 Å². The zero-order valence-corrected chi connectivity index (χ0v) is 8.38. The maximum absolute atomic E-state index is 11.6. The van der Waals surface area contributed by atoms with Crippen molar-refractivity contribution in [2.24, 2.45) is 0 Å². The smallest absolute Gasteiger partial charge is 0.242 e. The first-order valence-electron chi connectivity index (χ1n) is 4.38. The lowest BCUT2D eigenvalue weighted by Gasteiger charge is -2.09. The third kappa shape index (κ3) is 2.24. The molecule has 0 saturated carbocycles. The SMILES string of the molecule is O=C(Nc1cccnc1)C1CSCN1. The normalized spacial score (nSPS) is 20.7. The van der Waals surface area contributed by atoms with Gasteiger partial charge in [-0.3, -0.25) is 15.1 Å². The van der Waals surface area contributed by atoms with Gasteiger partial charge in [0.2, 0.25) is 5.91 Å². The van der Waals surface area contributed by atoms with Gasteiger partial charge >= 0.3 is 0 Å². The molecule has 0 aromatic carbocycles. The van der Waals surface area contributed by atoms with Gasteiger partial charge in [0.05, 0.1) is 17.9 Å². The molecule has 1 amide bonds. The molecule has 0 aliphatic carbocycles. The highest BCUT2D eigenvalue weighted by Crippen LogP contribution is 2.11. The molecule has 1 fully saturated rings. The Bertz CT molecular complexity index is 311. The van der Waals surface area contributed by atoms with Crippen molar-refractivity contribution in [2.75, 3.05) is 16.9 Å². The second-order valence-corrected chi connectivity index (χ2v) is 4.03. The van der Waals surface area contributed by atoms with Crippen LogP contribution in [0.4, 0.5) is 5.69 Å². The lowest BCUT2D eigenvalue weighted by Crippen LogP contribution is -2.37. The fourth-order valence-electron chi connectivity index (χ4n) is 1.23. The minimum atomic E-state index is -0.0693. The van der Waals surface area contributed by atoms with Gasteiger partial charge in [-0.25, -0.2) is 0 Å². The Morgan fingerprint density at radius 3 is 3.29 bits per heavy atom. The van der Waals surface area contributed by atoms with Crippen molar-refractivity contribution < 1.29 is 4.79 Å². The predicted octanol–water partition coefficient (Wildman–Crippen LogP) is 0.683. The number of carbonyl (C=O) groups is 1. The first-order valence-corrected chi connectivity index (χ1v) is 5.54. The molecule has 1 aromatic heterocycles. The molecule has 4 nitrogen and oxygen atoms in total. The minimum Gasteiger partial charge on any atom is -0.323 e. The van der Waals surface area contributed by atoms with Gasteiger partial charge in [0, 0.05) is 17.8 Å². The average Bonchev–Trinajstić information content (AvgIpc) is 2.72. The first kappa shape index (κ1) is 9.48. The molecule has 1 unspecified atom stereocenters. The summed E-state index contributed by atoms with van der Waals surface area (Å²) in [5, 5.41) is 5.91. The van der Waals surface area contributed by atoms with Crippen LogP contribution in [0, 0.1) is 0 Å². The Morgan fingerprint density at radius 2 is 2.64 bits per heavy atom. The Kier molecular flexibility index (Phi) is 3.00. The van der Waals surface area contributed by atoms with Gasteiger partial charge in [0.25, 0.3) is 0 Å². The molecule has 0 radical (unpaired) electrons. The monoisotopic (exact) mass is 209 g/mol. The van der Waals surface area contributed by atoms with Crippen LogP contribution in [0.15, 0.2) is 24.5 Å². The highest BCUT2D eigenvalue weighted by Gasteiger charge is 2.22. The lowest BCUT2D eigenvalue weighted by molar-refractivity contribution is -0.117. The Labute approximate surface area is 86.5 Å². The van der Waals surface area contributed by atoms with E-state index in [9.17, 15) is 4.79 Å². The number of pyridine rings is 1. The summed E-state index contributed by atoms with van der Waals surface area (Å²) in [5.41, 5.74) is 0.746. The van der Waals surface area contributed by atoms with Crippen molar-refractivity contribution in [1.82, 2.24) is 10.3 Å². The van der Waals surface area contributed by atoms with Gasteiger partial charge in [0.1, 0.15) is 0 Å². The van der Waals surface area contributed by atoms with Crippen LogP contribution in [0.2, 0.25) is 0 Å².